The summed E-state index contributed by atoms with van der Waals surface area (Å²) in [6.07, 6.45) is 9.64. The number of hydrogen-bond donors (Lipinski definition) is 1. The predicted molar refractivity (Wildman–Crippen MR) is 148 cm³/mol. The molecule has 0 radical (unpaired) electrons. The van der Waals surface area contributed by atoms with Gasteiger partial charge in [-0.3, -0.25) is 14.8 Å². The largest absolute Gasteiger partial charge is 0.462 e. The average molecular weight is 529 g/mol. The second-order valence-electron chi connectivity index (χ2n) is 15.5. The van der Waals surface area contributed by atoms with E-state index in [0.717, 1.165) is 25.7 Å². The molecule has 0 amide bonds. The summed E-state index contributed by atoms with van der Waals surface area (Å²) >= 11 is 0. The molecule has 214 valence electrons. The van der Waals surface area contributed by atoms with Crippen molar-refractivity contribution < 1.29 is 24.5 Å². The van der Waals surface area contributed by atoms with Crippen molar-refractivity contribution in [3.8, 4) is 0 Å². The van der Waals surface area contributed by atoms with Gasteiger partial charge >= 0.3 is 5.97 Å². The van der Waals surface area contributed by atoms with E-state index in [1.807, 2.05) is 6.92 Å². The van der Waals surface area contributed by atoms with Crippen molar-refractivity contribution in [3.05, 3.63) is 11.6 Å². The molecule has 0 spiro atoms. The minimum Gasteiger partial charge on any atom is -0.462 e. The Bertz CT molecular complexity index is 1030. The van der Waals surface area contributed by atoms with E-state index in [-0.39, 0.29) is 45.6 Å². The molecule has 4 fully saturated rings. The van der Waals surface area contributed by atoms with E-state index in [2.05, 4.69) is 54.5 Å². The SMILES string of the molecule is CC(=O)O[C@@H]1CC[C@@]2(C)C(CC[C@]3(C)C2C(=O)C=C2C4[C@@H](C)[C@H](C)CC[C@]4(C)CC[C@]23C)[C@@]1(C)C(C)OO. The highest BCUT2D eigenvalue weighted by Crippen LogP contribution is 2.75. The molecule has 0 aromatic rings. The van der Waals surface area contributed by atoms with Crippen LogP contribution in [0.4, 0.5) is 0 Å². The van der Waals surface area contributed by atoms with Crippen LogP contribution < -0.4 is 0 Å². The summed E-state index contributed by atoms with van der Waals surface area (Å²) in [7, 11) is 0. The Morgan fingerprint density at radius 3 is 2.32 bits per heavy atom. The van der Waals surface area contributed by atoms with Crippen LogP contribution in [-0.4, -0.2) is 29.2 Å². The fourth-order valence-corrected chi connectivity index (χ4v) is 11.4. The van der Waals surface area contributed by atoms with E-state index < -0.39 is 11.5 Å². The number of carbonyl (C=O) groups is 2. The standard InChI is InChI=1S/C33H52O5/c1-19-10-13-29(5)16-17-31(7)23(27(29)20(19)2)18-24(35)28-30(6)14-12-26(37-22(4)34)33(9,21(3)38-36)25(30)11-15-32(28,31)8/h18-21,25-28,36H,10-17H2,1-9H3/t19-,20+,21?,25?,26-,27?,28?,29-,30+,31-,32-,33-/m1/s1. The highest BCUT2D eigenvalue weighted by Gasteiger charge is 2.71. The van der Waals surface area contributed by atoms with Gasteiger partial charge in [0.15, 0.2) is 5.78 Å². The fourth-order valence-electron chi connectivity index (χ4n) is 11.4. The Morgan fingerprint density at radius 2 is 1.68 bits per heavy atom. The first-order chi connectivity index (χ1) is 17.6. The molecule has 4 unspecified atom stereocenters. The van der Waals surface area contributed by atoms with Gasteiger partial charge in [0, 0.05) is 18.3 Å². The lowest BCUT2D eigenvalue weighted by Crippen LogP contribution is -2.68. The lowest BCUT2D eigenvalue weighted by atomic mass is 9.33. The molecule has 5 aliphatic carbocycles. The number of esters is 1. The van der Waals surface area contributed by atoms with Crippen molar-refractivity contribution in [2.75, 3.05) is 0 Å². The van der Waals surface area contributed by atoms with Crippen LogP contribution in [0.25, 0.3) is 0 Å². The van der Waals surface area contributed by atoms with E-state index >= 15 is 0 Å². The zero-order valence-corrected chi connectivity index (χ0v) is 25.4. The first-order valence-corrected chi connectivity index (χ1v) is 15.3. The van der Waals surface area contributed by atoms with Crippen LogP contribution in [-0.2, 0) is 19.2 Å². The van der Waals surface area contributed by atoms with Crippen LogP contribution in [0.5, 0.6) is 0 Å². The molecule has 5 heteroatoms. The molecule has 0 heterocycles. The second kappa shape index (κ2) is 8.90. The van der Waals surface area contributed by atoms with Crippen molar-refractivity contribution in [1.29, 1.82) is 0 Å². The van der Waals surface area contributed by atoms with E-state index in [4.69, 9.17) is 9.62 Å². The molecule has 38 heavy (non-hydrogen) atoms. The molecule has 12 atom stereocenters. The molecule has 4 saturated carbocycles. The summed E-state index contributed by atoms with van der Waals surface area (Å²) in [6, 6.07) is 0. The van der Waals surface area contributed by atoms with Crippen molar-refractivity contribution in [2.45, 2.75) is 126 Å². The third kappa shape index (κ3) is 3.49. The van der Waals surface area contributed by atoms with Crippen LogP contribution in [0.3, 0.4) is 0 Å². The summed E-state index contributed by atoms with van der Waals surface area (Å²) in [6.45, 7) is 20.0. The molecule has 1 N–H and O–H groups in total. The van der Waals surface area contributed by atoms with Gasteiger partial charge in [-0.2, -0.15) is 0 Å². The van der Waals surface area contributed by atoms with Gasteiger partial charge in [0.2, 0.25) is 0 Å². The Hall–Kier alpha value is -1.20. The molecule has 5 rings (SSSR count). The summed E-state index contributed by atoms with van der Waals surface area (Å²) in [5.41, 5.74) is 0.769. The molecule has 5 nitrogen and oxygen atoms in total. The van der Waals surface area contributed by atoms with Gasteiger partial charge in [-0.05, 0) is 110 Å². The van der Waals surface area contributed by atoms with Crippen molar-refractivity contribution in [2.24, 2.45) is 56.7 Å². The third-order valence-electron chi connectivity index (χ3n) is 14.1. The van der Waals surface area contributed by atoms with Crippen molar-refractivity contribution >= 4 is 11.8 Å². The Labute approximate surface area is 230 Å². The quantitative estimate of drug-likeness (QED) is 0.232. The number of fused-ring (bicyclic) bond motifs is 7. The Kier molecular flexibility index (Phi) is 6.63. The second-order valence-corrected chi connectivity index (χ2v) is 15.5. The average Bonchev–Trinajstić information content (AvgIpc) is 2.84. The zero-order chi connectivity index (χ0) is 28.1. The molecule has 0 saturated heterocycles. The maximum absolute atomic E-state index is 14.5. The Balaban J connectivity index is 1.62. The molecular formula is C33H52O5. The van der Waals surface area contributed by atoms with E-state index in [0.29, 0.717) is 30.0 Å². The van der Waals surface area contributed by atoms with Gasteiger partial charge in [-0.15, -0.1) is 0 Å². The maximum Gasteiger partial charge on any atom is 0.302 e. The molecular weight excluding hydrogens is 476 g/mol. The normalized spacial score (nSPS) is 53.0. The smallest absolute Gasteiger partial charge is 0.302 e. The minimum absolute atomic E-state index is 0.00270. The van der Waals surface area contributed by atoms with Crippen molar-refractivity contribution in [1.82, 2.24) is 0 Å². The van der Waals surface area contributed by atoms with Crippen molar-refractivity contribution in [3.63, 3.8) is 0 Å². The van der Waals surface area contributed by atoms with E-state index in [1.54, 1.807) is 0 Å². The number of rotatable bonds is 3. The number of hydrogen-bond acceptors (Lipinski definition) is 5. The summed E-state index contributed by atoms with van der Waals surface area (Å²) in [4.78, 5) is 31.6. The number of ketones is 1. The van der Waals surface area contributed by atoms with Gasteiger partial charge in [0.1, 0.15) is 6.10 Å². The maximum atomic E-state index is 14.5. The Morgan fingerprint density at radius 1 is 1.00 bits per heavy atom. The zero-order valence-electron chi connectivity index (χ0n) is 25.4. The number of allylic oxidation sites excluding steroid dienone is 2. The van der Waals surface area contributed by atoms with Crippen LogP contribution in [0.1, 0.15) is 114 Å². The third-order valence-corrected chi connectivity index (χ3v) is 14.1. The summed E-state index contributed by atoms with van der Waals surface area (Å²) < 4.78 is 5.88. The van der Waals surface area contributed by atoms with E-state index in [9.17, 15) is 14.8 Å². The molecule has 0 aromatic carbocycles. The number of ether oxygens (including phenoxy) is 1. The lowest BCUT2D eigenvalue weighted by Gasteiger charge is -2.71. The first-order valence-electron chi connectivity index (χ1n) is 15.3. The van der Waals surface area contributed by atoms with Crippen LogP contribution in [0.2, 0.25) is 0 Å². The molecule has 0 bridgehead atoms. The van der Waals surface area contributed by atoms with E-state index in [1.165, 1.54) is 31.8 Å². The van der Waals surface area contributed by atoms with Gasteiger partial charge in [-0.1, -0.05) is 54.0 Å². The first kappa shape index (κ1) is 28.3. The monoisotopic (exact) mass is 528 g/mol. The van der Waals surface area contributed by atoms with Gasteiger partial charge in [0.25, 0.3) is 0 Å². The summed E-state index contributed by atoms with van der Waals surface area (Å²) in [5, 5.41) is 9.87. The summed E-state index contributed by atoms with van der Waals surface area (Å²) in [5.74, 6) is 1.76. The molecule has 0 aliphatic heterocycles. The molecule has 0 aromatic heterocycles. The fraction of sp³-hybridized carbons (Fsp3) is 0.879. The van der Waals surface area contributed by atoms with Gasteiger partial charge < -0.3 is 4.74 Å². The number of carbonyl (C=O) groups excluding carboxylic acids is 2. The topological polar surface area (TPSA) is 72.8 Å². The van der Waals surface area contributed by atoms with Gasteiger partial charge in [-0.25, -0.2) is 4.89 Å². The minimum atomic E-state index is -0.585. The van der Waals surface area contributed by atoms with Crippen LogP contribution in [0.15, 0.2) is 11.6 Å². The lowest BCUT2D eigenvalue weighted by molar-refractivity contribution is -0.330. The highest BCUT2D eigenvalue weighted by atomic mass is 17.1. The highest BCUT2D eigenvalue weighted by molar-refractivity contribution is 5.95. The molecule has 5 aliphatic rings. The van der Waals surface area contributed by atoms with Gasteiger partial charge in [0.05, 0.1) is 6.10 Å². The van der Waals surface area contributed by atoms with Crippen LogP contribution >= 0.6 is 0 Å². The van der Waals surface area contributed by atoms with Crippen LogP contribution in [0, 0.1) is 56.7 Å². The predicted octanol–water partition coefficient (Wildman–Crippen LogP) is 7.63.